The minimum absolute atomic E-state index is 0.130. The standard InChI is InChI=1S/C16H12Cl2FNO/c17-16(18)13(10-6-2-1-3-7-10)14(16)15(21)20-12-9-5-4-8-11(12)19/h1-9,13-14H,(H,20,21)/t13-,14-/m1/s1. The summed E-state index contributed by atoms with van der Waals surface area (Å²) < 4.78 is 12.4. The van der Waals surface area contributed by atoms with Gasteiger partial charge in [-0.3, -0.25) is 4.79 Å². The van der Waals surface area contributed by atoms with Crippen LogP contribution in [-0.2, 0) is 4.79 Å². The number of hydrogen-bond donors (Lipinski definition) is 1. The van der Waals surface area contributed by atoms with Gasteiger partial charge in [-0.05, 0) is 17.7 Å². The first kappa shape index (κ1) is 14.4. The fourth-order valence-electron chi connectivity index (χ4n) is 2.50. The average molecular weight is 324 g/mol. The molecule has 0 bridgehead atoms. The highest BCUT2D eigenvalue weighted by Gasteiger charge is 2.67. The van der Waals surface area contributed by atoms with Crippen molar-refractivity contribution in [2.75, 3.05) is 5.32 Å². The molecule has 3 rings (SSSR count). The van der Waals surface area contributed by atoms with E-state index in [0.29, 0.717) is 0 Å². The number of benzene rings is 2. The van der Waals surface area contributed by atoms with Gasteiger partial charge in [-0.25, -0.2) is 4.39 Å². The Morgan fingerprint density at radius 1 is 1.05 bits per heavy atom. The van der Waals surface area contributed by atoms with Crippen LogP contribution < -0.4 is 5.32 Å². The van der Waals surface area contributed by atoms with E-state index >= 15 is 0 Å². The number of carbonyl (C=O) groups excluding carboxylic acids is 1. The van der Waals surface area contributed by atoms with Crippen LogP contribution in [0.15, 0.2) is 54.6 Å². The number of alkyl halides is 2. The number of carbonyl (C=O) groups is 1. The summed E-state index contributed by atoms with van der Waals surface area (Å²) in [4.78, 5) is 12.3. The summed E-state index contributed by atoms with van der Waals surface area (Å²) in [6.45, 7) is 0. The topological polar surface area (TPSA) is 29.1 Å². The lowest BCUT2D eigenvalue weighted by Gasteiger charge is -2.05. The molecule has 0 unspecified atom stereocenters. The Bertz CT molecular complexity index is 675. The molecule has 108 valence electrons. The smallest absolute Gasteiger partial charge is 0.231 e. The second-order valence-electron chi connectivity index (χ2n) is 5.01. The summed E-state index contributed by atoms with van der Waals surface area (Å²) in [6.07, 6.45) is 0. The molecule has 1 saturated carbocycles. The third-order valence-corrected chi connectivity index (χ3v) is 4.57. The van der Waals surface area contributed by atoms with Gasteiger partial charge in [0.15, 0.2) is 0 Å². The molecule has 1 amide bonds. The zero-order chi connectivity index (χ0) is 15.0. The van der Waals surface area contributed by atoms with Gasteiger partial charge < -0.3 is 5.32 Å². The zero-order valence-electron chi connectivity index (χ0n) is 10.9. The van der Waals surface area contributed by atoms with Crippen LogP contribution in [-0.4, -0.2) is 10.2 Å². The summed E-state index contributed by atoms with van der Waals surface area (Å²) in [5.41, 5.74) is 1.03. The second-order valence-corrected chi connectivity index (χ2v) is 6.45. The van der Waals surface area contributed by atoms with Crippen molar-refractivity contribution in [3.05, 3.63) is 66.0 Å². The maximum atomic E-state index is 13.6. The third kappa shape index (κ3) is 2.63. The molecule has 0 aromatic heterocycles. The van der Waals surface area contributed by atoms with Crippen LogP contribution in [0.3, 0.4) is 0 Å². The number of rotatable bonds is 3. The summed E-state index contributed by atoms with van der Waals surface area (Å²) in [5, 5.41) is 2.54. The molecule has 1 fully saturated rings. The molecule has 1 aliphatic rings. The third-order valence-electron chi connectivity index (χ3n) is 3.63. The largest absolute Gasteiger partial charge is 0.323 e. The Balaban J connectivity index is 1.79. The first-order valence-electron chi connectivity index (χ1n) is 6.50. The van der Waals surface area contributed by atoms with Gasteiger partial charge in [-0.2, -0.15) is 0 Å². The Hall–Kier alpha value is -1.58. The molecule has 1 N–H and O–H groups in total. The lowest BCUT2D eigenvalue weighted by atomic mass is 10.1. The lowest BCUT2D eigenvalue weighted by molar-refractivity contribution is -0.117. The predicted molar refractivity (Wildman–Crippen MR) is 82.1 cm³/mol. The fourth-order valence-corrected chi connectivity index (χ4v) is 3.33. The molecule has 2 aromatic rings. The average Bonchev–Trinajstić information content (AvgIpc) is 3.05. The summed E-state index contributed by atoms with van der Waals surface area (Å²) in [7, 11) is 0. The van der Waals surface area contributed by atoms with Crippen LogP contribution in [0, 0.1) is 11.7 Å². The number of amides is 1. The van der Waals surface area contributed by atoms with Crippen molar-refractivity contribution in [3.8, 4) is 0 Å². The van der Waals surface area contributed by atoms with E-state index in [1.54, 1.807) is 12.1 Å². The molecular formula is C16H12Cl2FNO. The molecular weight excluding hydrogens is 312 g/mol. The van der Waals surface area contributed by atoms with Gasteiger partial charge in [0.1, 0.15) is 10.2 Å². The van der Waals surface area contributed by atoms with E-state index in [9.17, 15) is 9.18 Å². The van der Waals surface area contributed by atoms with Crippen LogP contribution >= 0.6 is 23.2 Å². The van der Waals surface area contributed by atoms with E-state index in [1.165, 1.54) is 12.1 Å². The molecule has 0 heterocycles. The highest BCUT2D eigenvalue weighted by atomic mass is 35.5. The summed E-state index contributed by atoms with van der Waals surface area (Å²) in [5.74, 6) is -1.74. The van der Waals surface area contributed by atoms with Crippen LogP contribution in [0.1, 0.15) is 11.5 Å². The van der Waals surface area contributed by atoms with E-state index < -0.39 is 16.1 Å². The van der Waals surface area contributed by atoms with Crippen molar-refractivity contribution in [2.45, 2.75) is 10.3 Å². The minimum atomic E-state index is -1.16. The Labute approximate surface area is 131 Å². The SMILES string of the molecule is O=C(Nc1ccccc1F)[C@H]1[C@@H](c2ccccc2)C1(Cl)Cl. The molecule has 0 radical (unpaired) electrons. The molecule has 2 aromatic carbocycles. The van der Waals surface area contributed by atoms with Crippen LogP contribution in [0.2, 0.25) is 0 Å². The van der Waals surface area contributed by atoms with Gasteiger partial charge in [-0.15, -0.1) is 23.2 Å². The molecule has 5 heteroatoms. The fraction of sp³-hybridized carbons (Fsp3) is 0.188. The van der Waals surface area contributed by atoms with Gasteiger partial charge in [0.25, 0.3) is 0 Å². The van der Waals surface area contributed by atoms with Crippen molar-refractivity contribution < 1.29 is 9.18 Å². The maximum absolute atomic E-state index is 13.6. The molecule has 2 nitrogen and oxygen atoms in total. The normalized spacial score (nSPS) is 22.6. The molecule has 0 spiro atoms. The lowest BCUT2D eigenvalue weighted by Crippen LogP contribution is -2.17. The summed E-state index contributed by atoms with van der Waals surface area (Å²) in [6, 6.07) is 15.3. The monoisotopic (exact) mass is 323 g/mol. The van der Waals surface area contributed by atoms with Crippen molar-refractivity contribution >= 4 is 34.8 Å². The predicted octanol–water partition coefficient (Wildman–Crippen LogP) is 4.35. The van der Waals surface area contributed by atoms with Gasteiger partial charge in [0.2, 0.25) is 5.91 Å². The number of para-hydroxylation sites is 1. The second kappa shape index (κ2) is 5.32. The highest BCUT2D eigenvalue weighted by Crippen LogP contribution is 2.65. The van der Waals surface area contributed by atoms with Gasteiger partial charge in [-0.1, -0.05) is 42.5 Å². The Kier molecular flexibility index (Phi) is 3.64. The van der Waals surface area contributed by atoms with Gasteiger partial charge in [0.05, 0.1) is 11.6 Å². The number of nitrogens with one attached hydrogen (secondary N) is 1. The van der Waals surface area contributed by atoms with E-state index in [-0.39, 0.29) is 17.5 Å². The number of hydrogen-bond acceptors (Lipinski definition) is 1. The first-order valence-corrected chi connectivity index (χ1v) is 7.25. The van der Waals surface area contributed by atoms with E-state index in [2.05, 4.69) is 5.32 Å². The van der Waals surface area contributed by atoms with Gasteiger partial charge >= 0.3 is 0 Å². The quantitative estimate of drug-likeness (QED) is 0.836. The minimum Gasteiger partial charge on any atom is -0.323 e. The van der Waals surface area contributed by atoms with Crippen LogP contribution in [0.5, 0.6) is 0 Å². The van der Waals surface area contributed by atoms with Crippen molar-refractivity contribution in [1.82, 2.24) is 0 Å². The van der Waals surface area contributed by atoms with E-state index in [1.807, 2.05) is 30.3 Å². The maximum Gasteiger partial charge on any atom is 0.231 e. The van der Waals surface area contributed by atoms with Crippen LogP contribution in [0.25, 0.3) is 0 Å². The van der Waals surface area contributed by atoms with Crippen molar-refractivity contribution in [3.63, 3.8) is 0 Å². The molecule has 0 saturated heterocycles. The van der Waals surface area contributed by atoms with E-state index in [4.69, 9.17) is 23.2 Å². The molecule has 0 aliphatic heterocycles. The Morgan fingerprint density at radius 2 is 1.67 bits per heavy atom. The molecule has 2 atom stereocenters. The number of anilines is 1. The number of halogens is 3. The van der Waals surface area contributed by atoms with Gasteiger partial charge in [0, 0.05) is 5.92 Å². The highest BCUT2D eigenvalue weighted by molar-refractivity contribution is 6.53. The molecule has 21 heavy (non-hydrogen) atoms. The zero-order valence-corrected chi connectivity index (χ0v) is 12.4. The summed E-state index contributed by atoms with van der Waals surface area (Å²) >= 11 is 12.4. The van der Waals surface area contributed by atoms with E-state index in [0.717, 1.165) is 5.56 Å². The van der Waals surface area contributed by atoms with Crippen LogP contribution in [0.4, 0.5) is 10.1 Å². The molecule has 1 aliphatic carbocycles. The van der Waals surface area contributed by atoms with Crippen molar-refractivity contribution in [1.29, 1.82) is 0 Å². The van der Waals surface area contributed by atoms with Crippen molar-refractivity contribution in [2.24, 2.45) is 5.92 Å². The Morgan fingerprint density at radius 3 is 2.33 bits per heavy atom. The first-order chi connectivity index (χ1) is 10.0.